The van der Waals surface area contributed by atoms with Gasteiger partial charge in [0.25, 0.3) is 0 Å². The highest BCUT2D eigenvalue weighted by Crippen LogP contribution is 2.20. The first-order valence-electron chi connectivity index (χ1n) is 9.51. The van der Waals surface area contributed by atoms with Crippen molar-refractivity contribution in [3.63, 3.8) is 0 Å². The predicted octanol–water partition coefficient (Wildman–Crippen LogP) is 2.38. The molecule has 30 heavy (non-hydrogen) atoms. The largest absolute Gasteiger partial charge is 0.491 e. The molecule has 0 spiro atoms. The van der Waals surface area contributed by atoms with Crippen LogP contribution in [0, 0.1) is 11.6 Å². The number of hydrogen-bond donors (Lipinski definition) is 2. The van der Waals surface area contributed by atoms with Gasteiger partial charge in [0.2, 0.25) is 0 Å². The Morgan fingerprint density at radius 1 is 1.10 bits per heavy atom. The third-order valence-corrected chi connectivity index (χ3v) is 5.45. The van der Waals surface area contributed by atoms with Crippen LogP contribution in [0.2, 0.25) is 0 Å². The van der Waals surface area contributed by atoms with Crippen LogP contribution in [0.5, 0.6) is 5.75 Å². The maximum atomic E-state index is 13.4. The van der Waals surface area contributed by atoms with Crippen LogP contribution in [0.15, 0.2) is 46.8 Å². The Bertz CT molecular complexity index is 915. The standard InChI is InChI=1S/C20H25F2N3O4S/c1-28-30(27)23-15-2-5-18(6-3-15)29-14-17(26)13-24-8-10-25(11-9-24)16-4-7-19(21)20(22)12-16/h2-7,12,17,26,30H,8-11,13-14H2,1H3. The summed E-state index contributed by atoms with van der Waals surface area (Å²) in [4.78, 5) is 4.10. The molecule has 0 bridgehead atoms. The lowest BCUT2D eigenvalue weighted by atomic mass is 10.2. The number of rotatable bonds is 8. The van der Waals surface area contributed by atoms with E-state index in [0.717, 1.165) is 6.07 Å². The zero-order chi connectivity index (χ0) is 21.5. The fourth-order valence-corrected chi connectivity index (χ4v) is 3.56. The second-order valence-electron chi connectivity index (χ2n) is 6.87. The number of β-amino-alcohol motifs (C(OH)–C–C–N with tert-alkyl or cyclic N) is 1. The Morgan fingerprint density at radius 2 is 1.80 bits per heavy atom. The second-order valence-corrected chi connectivity index (χ2v) is 7.91. The molecule has 0 aliphatic carbocycles. The molecule has 1 aliphatic rings. The number of benzene rings is 2. The number of hydrogen-bond acceptors (Lipinski definition) is 7. The van der Waals surface area contributed by atoms with Crippen LogP contribution in [-0.4, -0.2) is 66.8 Å². The average Bonchev–Trinajstić information content (AvgIpc) is 2.75. The van der Waals surface area contributed by atoms with Crippen molar-refractivity contribution in [2.24, 2.45) is 4.36 Å². The van der Waals surface area contributed by atoms with Gasteiger partial charge in [-0.1, -0.05) is 0 Å². The summed E-state index contributed by atoms with van der Waals surface area (Å²) < 4.78 is 51.8. The molecule has 164 valence electrons. The molecule has 1 heterocycles. The topological polar surface area (TPSA) is 74.6 Å². The van der Waals surface area contributed by atoms with Crippen molar-refractivity contribution in [3.05, 3.63) is 54.1 Å². The van der Waals surface area contributed by atoms with Crippen LogP contribution < -0.4 is 9.64 Å². The molecule has 0 saturated carbocycles. The molecule has 10 heteroatoms. The van der Waals surface area contributed by atoms with Gasteiger partial charge in [0.15, 0.2) is 22.5 Å². The lowest BCUT2D eigenvalue weighted by Gasteiger charge is -2.36. The Kier molecular flexibility index (Phi) is 7.97. The lowest BCUT2D eigenvalue weighted by Crippen LogP contribution is -2.49. The van der Waals surface area contributed by atoms with Crippen molar-refractivity contribution in [3.8, 4) is 5.75 Å². The fraction of sp³-hybridized carbons (Fsp3) is 0.400. The van der Waals surface area contributed by atoms with Crippen LogP contribution in [0.3, 0.4) is 0 Å². The highest BCUT2D eigenvalue weighted by molar-refractivity contribution is 7.69. The zero-order valence-electron chi connectivity index (χ0n) is 16.6. The van der Waals surface area contributed by atoms with Gasteiger partial charge < -0.3 is 14.7 Å². The molecule has 1 N–H and O–H groups in total. The number of aliphatic hydroxyl groups excluding tert-OH is 1. The maximum Gasteiger partial charge on any atom is 0.160 e. The van der Waals surface area contributed by atoms with E-state index >= 15 is 0 Å². The lowest BCUT2D eigenvalue weighted by molar-refractivity contribution is 0.0663. The predicted molar refractivity (Wildman–Crippen MR) is 112 cm³/mol. The van der Waals surface area contributed by atoms with Crippen LogP contribution in [0.4, 0.5) is 20.2 Å². The Hall–Kier alpha value is -2.27. The molecule has 2 aromatic rings. The number of halogens is 2. The van der Waals surface area contributed by atoms with Gasteiger partial charge in [-0.05, 0) is 36.4 Å². The molecule has 2 atom stereocenters. The molecule has 2 unspecified atom stereocenters. The molecule has 1 aliphatic heterocycles. The summed E-state index contributed by atoms with van der Waals surface area (Å²) >= 11 is 0. The first-order chi connectivity index (χ1) is 14.4. The molecule has 2 aromatic carbocycles. The molecule has 0 amide bonds. The summed E-state index contributed by atoms with van der Waals surface area (Å²) in [7, 11) is -0.741. The van der Waals surface area contributed by atoms with E-state index in [0.29, 0.717) is 49.8 Å². The Balaban J connectivity index is 1.42. The normalized spacial score (nSPS) is 17.1. The van der Waals surface area contributed by atoms with Crippen molar-refractivity contribution in [2.75, 3.05) is 51.3 Å². The van der Waals surface area contributed by atoms with Gasteiger partial charge in [0.1, 0.15) is 18.5 Å². The molecule has 1 fully saturated rings. The molecule has 0 radical (unpaired) electrons. The highest BCUT2D eigenvalue weighted by atomic mass is 32.2. The van der Waals surface area contributed by atoms with Crippen molar-refractivity contribution in [1.82, 2.24) is 4.90 Å². The summed E-state index contributed by atoms with van der Waals surface area (Å²) in [5, 5.41) is 10.3. The average molecular weight is 442 g/mol. The van der Waals surface area contributed by atoms with Crippen LogP contribution in [-0.2, 0) is 15.1 Å². The summed E-state index contributed by atoms with van der Waals surface area (Å²) in [6, 6.07) is 10.6. The monoisotopic (exact) mass is 441 g/mol. The van der Waals surface area contributed by atoms with E-state index in [2.05, 4.69) is 13.4 Å². The van der Waals surface area contributed by atoms with Crippen molar-refractivity contribution < 1.29 is 27.0 Å². The van der Waals surface area contributed by atoms with Crippen molar-refractivity contribution >= 4 is 22.3 Å². The number of aliphatic hydroxyl groups is 1. The van der Waals surface area contributed by atoms with Gasteiger partial charge in [-0.3, -0.25) is 9.08 Å². The van der Waals surface area contributed by atoms with Gasteiger partial charge in [0, 0.05) is 44.5 Å². The van der Waals surface area contributed by atoms with E-state index < -0.39 is 28.6 Å². The quantitative estimate of drug-likeness (QED) is 0.613. The SMILES string of the molecule is CO[SH](=O)=Nc1ccc(OCC(O)CN2CCN(c3ccc(F)c(F)c3)CC2)cc1. The zero-order valence-corrected chi connectivity index (χ0v) is 17.5. The van der Waals surface area contributed by atoms with E-state index in [1.54, 1.807) is 30.3 Å². The minimum absolute atomic E-state index is 0.131. The maximum absolute atomic E-state index is 13.4. The van der Waals surface area contributed by atoms with Gasteiger partial charge in [0.05, 0.1) is 12.8 Å². The molecule has 3 rings (SSSR count). The van der Waals surface area contributed by atoms with Crippen molar-refractivity contribution in [2.45, 2.75) is 6.10 Å². The molecule has 0 aromatic heterocycles. The van der Waals surface area contributed by atoms with Gasteiger partial charge in [-0.25, -0.2) is 13.0 Å². The first kappa shape index (κ1) is 22.4. The number of ether oxygens (including phenoxy) is 1. The third kappa shape index (κ3) is 6.36. The number of piperazine rings is 1. The molecular formula is C20H25F2N3O4S. The summed E-state index contributed by atoms with van der Waals surface area (Å²) in [6.45, 7) is 3.30. The summed E-state index contributed by atoms with van der Waals surface area (Å²) in [6.07, 6.45) is -0.674. The molecule has 1 saturated heterocycles. The highest BCUT2D eigenvalue weighted by Gasteiger charge is 2.20. The Labute approximate surface area is 176 Å². The summed E-state index contributed by atoms with van der Waals surface area (Å²) in [5.41, 5.74) is 1.17. The van der Waals surface area contributed by atoms with Crippen LogP contribution >= 0.6 is 0 Å². The van der Waals surface area contributed by atoms with E-state index in [-0.39, 0.29) is 6.61 Å². The van der Waals surface area contributed by atoms with E-state index in [9.17, 15) is 18.1 Å². The Morgan fingerprint density at radius 3 is 2.43 bits per heavy atom. The van der Waals surface area contributed by atoms with Gasteiger partial charge in [-0.2, -0.15) is 4.36 Å². The fourth-order valence-electron chi connectivity index (χ4n) is 3.16. The molecular weight excluding hydrogens is 416 g/mol. The first-order valence-corrected chi connectivity index (χ1v) is 10.6. The van der Waals surface area contributed by atoms with Crippen LogP contribution in [0.1, 0.15) is 0 Å². The number of nitrogens with zero attached hydrogens (tertiary/aromatic N) is 3. The smallest absolute Gasteiger partial charge is 0.160 e. The van der Waals surface area contributed by atoms with E-state index in [1.165, 1.54) is 13.2 Å². The summed E-state index contributed by atoms with van der Waals surface area (Å²) in [5.74, 6) is -1.13. The number of thiol groups is 1. The van der Waals surface area contributed by atoms with E-state index in [1.807, 2.05) is 4.90 Å². The van der Waals surface area contributed by atoms with E-state index in [4.69, 9.17) is 4.74 Å². The molecule has 7 nitrogen and oxygen atoms in total. The van der Waals surface area contributed by atoms with Gasteiger partial charge >= 0.3 is 0 Å². The second kappa shape index (κ2) is 10.7. The van der Waals surface area contributed by atoms with Gasteiger partial charge in [-0.15, -0.1) is 0 Å². The minimum Gasteiger partial charge on any atom is -0.491 e. The minimum atomic E-state index is -2.06. The van der Waals surface area contributed by atoms with Crippen molar-refractivity contribution in [1.29, 1.82) is 0 Å². The van der Waals surface area contributed by atoms with Crippen LogP contribution in [0.25, 0.3) is 0 Å². The number of anilines is 1. The third-order valence-electron chi connectivity index (χ3n) is 4.74.